The Morgan fingerprint density at radius 1 is 1.45 bits per heavy atom. The predicted octanol–water partition coefficient (Wildman–Crippen LogP) is 2.49. The first kappa shape index (κ1) is 15.0. The molecule has 7 nitrogen and oxygen atoms in total. The predicted molar refractivity (Wildman–Crippen MR) is 81.7 cm³/mol. The zero-order valence-corrected chi connectivity index (χ0v) is 13.5. The van der Waals surface area contributed by atoms with Gasteiger partial charge in [0.25, 0.3) is 0 Å². The Morgan fingerprint density at radius 3 is 2.86 bits per heavy atom. The molecule has 3 heterocycles. The average Bonchev–Trinajstić information content (AvgIpc) is 2.74. The highest BCUT2D eigenvalue weighted by Crippen LogP contribution is 2.23. The number of nitrogens with zero attached hydrogens (tertiary/aromatic N) is 5. The number of halogens is 1. The Morgan fingerprint density at radius 2 is 2.23 bits per heavy atom. The van der Waals surface area contributed by atoms with Crippen LogP contribution in [-0.4, -0.2) is 48.9 Å². The third-order valence-corrected chi connectivity index (χ3v) is 3.69. The summed E-state index contributed by atoms with van der Waals surface area (Å²) in [5.41, 5.74) is 0.187. The second kappa shape index (κ2) is 5.39. The van der Waals surface area contributed by atoms with Gasteiger partial charge >= 0.3 is 6.09 Å². The number of fused-ring (bicyclic) bond motifs is 1. The smallest absolute Gasteiger partial charge is 0.410 e. The van der Waals surface area contributed by atoms with Crippen molar-refractivity contribution in [3.8, 4) is 0 Å². The number of carbonyl (C=O) groups is 1. The van der Waals surface area contributed by atoms with Gasteiger partial charge in [-0.05, 0) is 38.8 Å². The van der Waals surface area contributed by atoms with Crippen LogP contribution in [0.2, 0.25) is 5.28 Å². The molecule has 1 saturated heterocycles. The zero-order valence-electron chi connectivity index (χ0n) is 12.8. The molecule has 2 aromatic heterocycles. The Kier molecular flexibility index (Phi) is 3.68. The summed E-state index contributed by atoms with van der Waals surface area (Å²) in [7, 11) is 0. The first-order valence-electron chi connectivity index (χ1n) is 7.17. The van der Waals surface area contributed by atoms with E-state index in [1.807, 2.05) is 20.8 Å². The lowest BCUT2D eigenvalue weighted by atomic mass is 10.0. The van der Waals surface area contributed by atoms with Crippen molar-refractivity contribution in [1.29, 1.82) is 0 Å². The van der Waals surface area contributed by atoms with Crippen LogP contribution >= 0.6 is 11.6 Å². The van der Waals surface area contributed by atoms with Gasteiger partial charge in [0.05, 0.1) is 24.2 Å². The lowest BCUT2D eigenvalue weighted by Crippen LogP contribution is -2.54. The van der Waals surface area contributed by atoms with Gasteiger partial charge in [0.1, 0.15) is 5.60 Å². The number of rotatable bonds is 2. The minimum Gasteiger partial charge on any atom is -0.444 e. The van der Waals surface area contributed by atoms with Crippen LogP contribution in [0, 0.1) is 0 Å². The molecule has 0 bridgehead atoms. The van der Waals surface area contributed by atoms with E-state index < -0.39 is 5.60 Å². The van der Waals surface area contributed by atoms with Crippen molar-refractivity contribution in [2.45, 2.75) is 45.4 Å². The van der Waals surface area contributed by atoms with Gasteiger partial charge in [-0.3, -0.25) is 0 Å². The molecular weight excluding hydrogens is 306 g/mol. The van der Waals surface area contributed by atoms with Crippen molar-refractivity contribution in [1.82, 2.24) is 24.6 Å². The van der Waals surface area contributed by atoms with E-state index in [2.05, 4.69) is 15.1 Å². The fraction of sp³-hybridized carbons (Fsp3) is 0.571. The molecule has 118 valence electrons. The molecule has 1 atom stereocenters. The van der Waals surface area contributed by atoms with Crippen molar-refractivity contribution in [3.63, 3.8) is 0 Å². The molecule has 3 rings (SSSR count). The maximum absolute atomic E-state index is 12.1. The monoisotopic (exact) mass is 323 g/mol. The van der Waals surface area contributed by atoms with Crippen LogP contribution < -0.4 is 0 Å². The maximum atomic E-state index is 12.1. The molecule has 1 fully saturated rings. The molecule has 22 heavy (non-hydrogen) atoms. The number of ether oxygens (including phenoxy) is 1. The van der Waals surface area contributed by atoms with Gasteiger partial charge in [-0.2, -0.15) is 10.1 Å². The van der Waals surface area contributed by atoms with Gasteiger partial charge in [-0.25, -0.2) is 14.5 Å². The molecule has 0 aromatic carbocycles. The highest BCUT2D eigenvalue weighted by atomic mass is 35.5. The van der Waals surface area contributed by atoms with Gasteiger partial charge in [-0.1, -0.05) is 0 Å². The molecule has 8 heteroatoms. The van der Waals surface area contributed by atoms with E-state index in [-0.39, 0.29) is 17.4 Å². The maximum Gasteiger partial charge on any atom is 0.410 e. The fourth-order valence-corrected chi connectivity index (χ4v) is 2.50. The minimum absolute atomic E-state index is 0.0618. The van der Waals surface area contributed by atoms with E-state index in [0.717, 1.165) is 11.8 Å². The second-order valence-corrected chi connectivity index (χ2v) is 6.70. The fourth-order valence-electron chi connectivity index (χ4n) is 2.37. The van der Waals surface area contributed by atoms with Crippen LogP contribution in [0.3, 0.4) is 0 Å². The summed E-state index contributed by atoms with van der Waals surface area (Å²) < 4.78 is 7.16. The first-order valence-corrected chi connectivity index (χ1v) is 7.55. The number of carbonyl (C=O) groups excluding carboxylic acids is 1. The van der Waals surface area contributed by atoms with Crippen molar-refractivity contribution >= 4 is 28.7 Å². The van der Waals surface area contributed by atoms with E-state index in [0.29, 0.717) is 18.7 Å². The van der Waals surface area contributed by atoms with Gasteiger partial charge in [0, 0.05) is 12.7 Å². The molecule has 0 aliphatic carbocycles. The van der Waals surface area contributed by atoms with Crippen molar-refractivity contribution in [3.05, 3.63) is 17.7 Å². The molecule has 0 N–H and O–H groups in total. The number of likely N-dealkylation sites (tertiary alicyclic amines) is 1. The molecule has 0 saturated carbocycles. The summed E-state index contributed by atoms with van der Waals surface area (Å²) in [6.07, 6.45) is 3.97. The van der Waals surface area contributed by atoms with E-state index in [1.54, 1.807) is 22.0 Å². The van der Waals surface area contributed by atoms with Crippen LogP contribution in [0.1, 0.15) is 27.2 Å². The largest absolute Gasteiger partial charge is 0.444 e. The second-order valence-electron chi connectivity index (χ2n) is 6.36. The first-order chi connectivity index (χ1) is 10.3. The molecule has 1 aliphatic heterocycles. The molecule has 1 aliphatic rings. The van der Waals surface area contributed by atoms with Crippen LogP contribution in [0.15, 0.2) is 12.4 Å². The molecule has 1 amide bonds. The third kappa shape index (κ3) is 2.99. The molecule has 2 aromatic rings. The Labute approximate surface area is 133 Å². The van der Waals surface area contributed by atoms with Crippen LogP contribution in [0.5, 0.6) is 0 Å². The van der Waals surface area contributed by atoms with Gasteiger partial charge in [0.15, 0.2) is 5.65 Å². The third-order valence-electron chi connectivity index (χ3n) is 3.50. The van der Waals surface area contributed by atoms with Crippen LogP contribution in [-0.2, 0) is 11.3 Å². The summed E-state index contributed by atoms with van der Waals surface area (Å²) >= 11 is 5.84. The molecular formula is C14H18ClN5O2. The summed E-state index contributed by atoms with van der Waals surface area (Å²) in [4.78, 5) is 22.0. The Hall–Kier alpha value is -1.89. The van der Waals surface area contributed by atoms with Crippen LogP contribution in [0.4, 0.5) is 4.79 Å². The van der Waals surface area contributed by atoms with E-state index in [9.17, 15) is 4.79 Å². The van der Waals surface area contributed by atoms with Crippen molar-refractivity contribution in [2.75, 3.05) is 6.54 Å². The topological polar surface area (TPSA) is 73.1 Å². The molecule has 0 unspecified atom stereocenters. The number of amides is 1. The Balaban J connectivity index is 1.72. The van der Waals surface area contributed by atoms with Crippen molar-refractivity contribution in [2.24, 2.45) is 0 Å². The number of aromatic nitrogens is 4. The Bertz CT molecular complexity index is 709. The highest BCUT2D eigenvalue weighted by Gasteiger charge is 2.35. The summed E-state index contributed by atoms with van der Waals surface area (Å²) in [5.74, 6) is 0. The summed E-state index contributed by atoms with van der Waals surface area (Å²) in [6.45, 7) is 6.85. The van der Waals surface area contributed by atoms with E-state index in [1.165, 1.54) is 0 Å². The van der Waals surface area contributed by atoms with Crippen LogP contribution in [0.25, 0.3) is 11.0 Å². The summed E-state index contributed by atoms with van der Waals surface area (Å²) in [6, 6.07) is 0.0618. The van der Waals surface area contributed by atoms with Crippen molar-refractivity contribution < 1.29 is 9.53 Å². The SMILES string of the molecule is CC(C)(C)OC(=O)N1CC[C@H]1Cn1ncc2cnc(Cl)nc21. The molecule has 0 radical (unpaired) electrons. The van der Waals surface area contributed by atoms with Gasteiger partial charge in [0.2, 0.25) is 5.28 Å². The van der Waals surface area contributed by atoms with Gasteiger partial charge < -0.3 is 9.64 Å². The van der Waals surface area contributed by atoms with E-state index >= 15 is 0 Å². The number of hydrogen-bond donors (Lipinski definition) is 0. The summed E-state index contributed by atoms with van der Waals surface area (Å²) in [5, 5.41) is 5.32. The number of hydrogen-bond acceptors (Lipinski definition) is 5. The molecule has 0 spiro atoms. The van der Waals surface area contributed by atoms with E-state index in [4.69, 9.17) is 16.3 Å². The quantitative estimate of drug-likeness (QED) is 0.794. The highest BCUT2D eigenvalue weighted by molar-refractivity contribution is 6.28. The minimum atomic E-state index is -0.490. The lowest BCUT2D eigenvalue weighted by molar-refractivity contribution is -0.00864. The standard InChI is InChI=1S/C14H18ClN5O2/c1-14(2,3)22-13(21)19-5-4-10(19)8-20-11-9(7-17-20)6-16-12(15)18-11/h6-7,10H,4-5,8H2,1-3H3/t10-/m0/s1. The average molecular weight is 324 g/mol. The van der Waals surface area contributed by atoms with Gasteiger partial charge in [-0.15, -0.1) is 0 Å². The zero-order chi connectivity index (χ0) is 15.9. The lowest BCUT2D eigenvalue weighted by Gasteiger charge is -2.41. The normalized spacial score (nSPS) is 18.4.